The molecule has 0 fully saturated rings. The van der Waals surface area contributed by atoms with Gasteiger partial charge in [0.15, 0.2) is 0 Å². The van der Waals surface area contributed by atoms with Crippen molar-refractivity contribution in [2.24, 2.45) is 0 Å². The molecule has 0 spiro atoms. The van der Waals surface area contributed by atoms with Crippen molar-refractivity contribution in [1.29, 1.82) is 0 Å². The van der Waals surface area contributed by atoms with Crippen LogP contribution in [0.1, 0.15) is 64.1 Å². The largest absolute Gasteiger partial charge is 0.310 e. The van der Waals surface area contributed by atoms with E-state index in [1.54, 1.807) is 0 Å². The lowest BCUT2D eigenvalue weighted by Crippen LogP contribution is -2.35. The molecule has 120 valence electrons. The van der Waals surface area contributed by atoms with Crippen molar-refractivity contribution in [3.05, 3.63) is 35.4 Å². The lowest BCUT2D eigenvalue weighted by atomic mass is 10.0. The van der Waals surface area contributed by atoms with Crippen LogP contribution >= 0.6 is 0 Å². The first-order valence-electron chi connectivity index (χ1n) is 8.62. The Morgan fingerprint density at radius 1 is 1.00 bits per heavy atom. The smallest absolute Gasteiger partial charge is 0.0332 e. The molecule has 1 N–H and O–H groups in total. The van der Waals surface area contributed by atoms with Crippen LogP contribution in [0.5, 0.6) is 0 Å². The molecule has 0 aliphatic heterocycles. The minimum absolute atomic E-state index is 0.476. The van der Waals surface area contributed by atoms with Gasteiger partial charge in [-0.25, -0.2) is 0 Å². The molecule has 1 aromatic rings. The summed E-state index contributed by atoms with van der Waals surface area (Å²) in [6.45, 7) is 14.7. The van der Waals surface area contributed by atoms with Crippen molar-refractivity contribution in [2.45, 2.75) is 66.0 Å². The maximum absolute atomic E-state index is 3.71. The van der Waals surface area contributed by atoms with Crippen molar-refractivity contribution in [1.82, 2.24) is 10.2 Å². The highest BCUT2D eigenvalue weighted by Crippen LogP contribution is 2.19. The number of hydrogen-bond acceptors (Lipinski definition) is 2. The summed E-state index contributed by atoms with van der Waals surface area (Å²) in [5.74, 6) is 0. The van der Waals surface area contributed by atoms with Gasteiger partial charge in [0.2, 0.25) is 0 Å². The number of rotatable bonds is 10. The zero-order valence-electron chi connectivity index (χ0n) is 14.7. The van der Waals surface area contributed by atoms with Gasteiger partial charge >= 0.3 is 0 Å². The van der Waals surface area contributed by atoms with Gasteiger partial charge in [0.05, 0.1) is 0 Å². The lowest BCUT2D eigenvalue weighted by Gasteiger charge is -2.28. The van der Waals surface area contributed by atoms with Crippen molar-refractivity contribution < 1.29 is 0 Å². The molecule has 1 unspecified atom stereocenters. The fourth-order valence-corrected chi connectivity index (χ4v) is 2.71. The van der Waals surface area contributed by atoms with E-state index in [1.165, 1.54) is 43.5 Å². The van der Waals surface area contributed by atoms with Gasteiger partial charge in [-0.05, 0) is 58.7 Å². The summed E-state index contributed by atoms with van der Waals surface area (Å²) < 4.78 is 0. The summed E-state index contributed by atoms with van der Waals surface area (Å²) >= 11 is 0. The fraction of sp³-hybridized carbons (Fsp3) is 0.684. The van der Waals surface area contributed by atoms with E-state index in [1.807, 2.05) is 0 Å². The molecule has 21 heavy (non-hydrogen) atoms. The highest BCUT2D eigenvalue weighted by molar-refractivity contribution is 5.24. The summed E-state index contributed by atoms with van der Waals surface area (Å²) in [6.07, 6.45) is 3.60. The highest BCUT2D eigenvalue weighted by atomic mass is 15.1. The van der Waals surface area contributed by atoms with E-state index in [2.05, 4.69) is 69.1 Å². The van der Waals surface area contributed by atoms with E-state index in [9.17, 15) is 0 Å². The average Bonchev–Trinajstić information content (AvgIpc) is 2.47. The van der Waals surface area contributed by atoms with E-state index in [-0.39, 0.29) is 0 Å². The molecule has 2 heteroatoms. The molecule has 0 aliphatic carbocycles. The standard InChI is InChI=1S/C19H34N2/c1-6-13-20-19(18-10-8-17(5)9-11-18)12-15-21(14-7-2)16(3)4/h8-11,16,19-20H,6-7,12-15H2,1-5H3. The fourth-order valence-electron chi connectivity index (χ4n) is 2.71. The van der Waals surface area contributed by atoms with Crippen LogP contribution in [0.2, 0.25) is 0 Å². The third-order valence-corrected chi connectivity index (χ3v) is 4.07. The van der Waals surface area contributed by atoms with Crippen molar-refractivity contribution in [2.75, 3.05) is 19.6 Å². The molecule has 0 radical (unpaired) electrons. The van der Waals surface area contributed by atoms with E-state index in [0.29, 0.717) is 12.1 Å². The summed E-state index contributed by atoms with van der Waals surface area (Å²) in [4.78, 5) is 2.59. The Labute approximate surface area is 131 Å². The molecule has 1 rings (SSSR count). The molecule has 1 atom stereocenters. The first kappa shape index (κ1) is 18.2. The van der Waals surface area contributed by atoms with E-state index < -0.39 is 0 Å². The molecule has 0 aliphatic rings. The number of hydrogen-bond donors (Lipinski definition) is 1. The highest BCUT2D eigenvalue weighted by Gasteiger charge is 2.14. The third-order valence-electron chi connectivity index (χ3n) is 4.07. The molecular weight excluding hydrogens is 256 g/mol. The van der Waals surface area contributed by atoms with Crippen LogP contribution in [0.15, 0.2) is 24.3 Å². The maximum Gasteiger partial charge on any atom is 0.0332 e. The van der Waals surface area contributed by atoms with Gasteiger partial charge in [0.25, 0.3) is 0 Å². The number of nitrogens with one attached hydrogen (secondary N) is 1. The van der Waals surface area contributed by atoms with Crippen LogP contribution in [0, 0.1) is 6.92 Å². The summed E-state index contributed by atoms with van der Waals surface area (Å²) in [6, 6.07) is 10.1. The summed E-state index contributed by atoms with van der Waals surface area (Å²) in [5.41, 5.74) is 2.76. The Balaban J connectivity index is 2.66. The normalized spacial score (nSPS) is 13.1. The number of nitrogens with zero attached hydrogens (tertiary/aromatic N) is 1. The minimum atomic E-state index is 0.476. The van der Waals surface area contributed by atoms with Gasteiger partial charge in [-0.1, -0.05) is 43.7 Å². The van der Waals surface area contributed by atoms with Crippen LogP contribution in [-0.2, 0) is 0 Å². The molecule has 0 aromatic heterocycles. The molecule has 0 saturated heterocycles. The first-order chi connectivity index (χ1) is 10.1. The van der Waals surface area contributed by atoms with Crippen molar-refractivity contribution in [3.8, 4) is 0 Å². The summed E-state index contributed by atoms with van der Waals surface area (Å²) in [5, 5.41) is 3.71. The molecule has 0 amide bonds. The van der Waals surface area contributed by atoms with Gasteiger partial charge in [0, 0.05) is 18.6 Å². The Kier molecular flexibility index (Phi) is 8.63. The van der Waals surface area contributed by atoms with Gasteiger partial charge in [-0.15, -0.1) is 0 Å². The van der Waals surface area contributed by atoms with Gasteiger partial charge < -0.3 is 10.2 Å². The second-order valence-corrected chi connectivity index (χ2v) is 6.34. The van der Waals surface area contributed by atoms with Crippen LogP contribution in [0.25, 0.3) is 0 Å². The average molecular weight is 290 g/mol. The van der Waals surface area contributed by atoms with Gasteiger partial charge in [-0.3, -0.25) is 0 Å². The second kappa shape index (κ2) is 9.97. The third kappa shape index (κ3) is 6.62. The zero-order valence-corrected chi connectivity index (χ0v) is 14.7. The maximum atomic E-state index is 3.71. The SMILES string of the molecule is CCCNC(CCN(CCC)C(C)C)c1ccc(C)cc1. The van der Waals surface area contributed by atoms with E-state index >= 15 is 0 Å². The summed E-state index contributed by atoms with van der Waals surface area (Å²) in [7, 11) is 0. The molecular formula is C19H34N2. The minimum Gasteiger partial charge on any atom is -0.310 e. The predicted molar refractivity (Wildman–Crippen MR) is 93.8 cm³/mol. The Bertz CT molecular complexity index is 370. The predicted octanol–water partition coefficient (Wildman–Crippen LogP) is 4.55. The van der Waals surface area contributed by atoms with E-state index in [4.69, 9.17) is 0 Å². The Morgan fingerprint density at radius 3 is 2.19 bits per heavy atom. The second-order valence-electron chi connectivity index (χ2n) is 6.34. The quantitative estimate of drug-likeness (QED) is 0.680. The van der Waals surface area contributed by atoms with Gasteiger partial charge in [0.1, 0.15) is 0 Å². The molecule has 2 nitrogen and oxygen atoms in total. The van der Waals surface area contributed by atoms with Crippen LogP contribution < -0.4 is 5.32 Å². The van der Waals surface area contributed by atoms with Crippen LogP contribution in [0.3, 0.4) is 0 Å². The van der Waals surface area contributed by atoms with Crippen molar-refractivity contribution in [3.63, 3.8) is 0 Å². The zero-order chi connectivity index (χ0) is 15.7. The molecule has 0 heterocycles. The topological polar surface area (TPSA) is 15.3 Å². The van der Waals surface area contributed by atoms with Crippen LogP contribution in [0.4, 0.5) is 0 Å². The lowest BCUT2D eigenvalue weighted by molar-refractivity contribution is 0.209. The first-order valence-corrected chi connectivity index (χ1v) is 8.62. The monoisotopic (exact) mass is 290 g/mol. The van der Waals surface area contributed by atoms with Gasteiger partial charge in [-0.2, -0.15) is 0 Å². The van der Waals surface area contributed by atoms with E-state index in [0.717, 1.165) is 6.54 Å². The molecule has 0 bridgehead atoms. The number of aryl methyl sites for hydroxylation is 1. The number of benzene rings is 1. The Morgan fingerprint density at radius 2 is 1.67 bits per heavy atom. The van der Waals surface area contributed by atoms with Crippen LogP contribution in [-0.4, -0.2) is 30.6 Å². The molecule has 1 aromatic carbocycles. The Hall–Kier alpha value is -0.860. The molecule has 0 saturated carbocycles. The van der Waals surface area contributed by atoms with Crippen molar-refractivity contribution >= 4 is 0 Å².